The molecule has 4 aliphatic carbocycles. The summed E-state index contributed by atoms with van der Waals surface area (Å²) in [5, 5.41) is 36.4. The monoisotopic (exact) mass is 619 g/mol. The maximum atomic E-state index is 14.2. The quantitative estimate of drug-likeness (QED) is 0.346. The molecule has 1 spiro atoms. The highest BCUT2D eigenvalue weighted by Gasteiger charge is 2.86. The van der Waals surface area contributed by atoms with E-state index in [0.717, 1.165) is 42.3 Å². The minimum atomic E-state index is -1.23. The van der Waals surface area contributed by atoms with Crippen LogP contribution in [0.25, 0.3) is 10.9 Å². The van der Waals surface area contributed by atoms with Crippen LogP contribution < -0.4 is 0 Å². The maximum absolute atomic E-state index is 14.2. The van der Waals surface area contributed by atoms with E-state index in [-0.39, 0.29) is 23.0 Å². The lowest BCUT2D eigenvalue weighted by atomic mass is 9.40. The lowest BCUT2D eigenvalue weighted by Gasteiger charge is -2.66. The van der Waals surface area contributed by atoms with Gasteiger partial charge in [-0.2, -0.15) is 0 Å². The molecule has 9 rings (SSSR count). The minimum Gasteiger partial charge on any atom is -0.388 e. The summed E-state index contributed by atoms with van der Waals surface area (Å²) < 4.78 is 19.4. The zero-order chi connectivity index (χ0) is 32.1. The SMILES string of the molecule is CC(C)(O)C1OC2CCC3(C)C4(C)c5[nH]c6ccc7c(c6c5CC4CCC3(O)C23OC3C1O)CC1C(C7=O)C(C)(C)OC1(C)C. The molecule has 244 valence electrons. The molecule has 0 radical (unpaired) electrons. The molecule has 45 heavy (non-hydrogen) atoms. The van der Waals surface area contributed by atoms with Crippen LogP contribution in [0.3, 0.4) is 0 Å². The average molecular weight is 620 g/mol. The van der Waals surface area contributed by atoms with E-state index < -0.39 is 57.8 Å². The number of epoxide rings is 1. The lowest BCUT2D eigenvalue weighted by molar-refractivity contribution is -0.280. The zero-order valence-electron chi connectivity index (χ0n) is 27.9. The van der Waals surface area contributed by atoms with Crippen LogP contribution in [-0.2, 0) is 32.5 Å². The Morgan fingerprint density at radius 2 is 1.71 bits per heavy atom. The van der Waals surface area contributed by atoms with Gasteiger partial charge < -0.3 is 34.5 Å². The van der Waals surface area contributed by atoms with E-state index >= 15 is 0 Å². The molecule has 0 amide bonds. The normalized spacial score (nSPS) is 48.5. The molecule has 1 aromatic carbocycles. The first-order valence-corrected chi connectivity index (χ1v) is 17.2. The van der Waals surface area contributed by atoms with Crippen LogP contribution in [-0.4, -0.2) is 78.5 Å². The van der Waals surface area contributed by atoms with Gasteiger partial charge in [-0.15, -0.1) is 0 Å². The number of nitrogens with one attached hydrogen (secondary N) is 1. The number of hydrogen-bond donors (Lipinski definition) is 4. The van der Waals surface area contributed by atoms with Crippen molar-refractivity contribution >= 4 is 16.7 Å². The number of ketones is 1. The van der Waals surface area contributed by atoms with Crippen molar-refractivity contribution in [1.29, 1.82) is 0 Å². The standard InChI is InChI=1S/C37H49NO7/c1-31(2,41)29-27(40)30-37(44-30)23(43-29)12-13-34(7)35(8)17(11-14-36(34,37)42)15-20-24-19-16-21-25(33(5,6)45-32(21,3)4)26(39)18(19)9-10-22(24)38-28(20)35/h9-10,17,21,23,25,27,29-30,38,40-42H,11-16H2,1-8H3. The topological polar surface area (TPSA) is 125 Å². The van der Waals surface area contributed by atoms with Crippen LogP contribution in [0.2, 0.25) is 0 Å². The van der Waals surface area contributed by atoms with Gasteiger partial charge in [0.25, 0.3) is 0 Å². The summed E-state index contributed by atoms with van der Waals surface area (Å²) in [6.45, 7) is 16.3. The number of carbonyl (C=O) groups is 1. The highest BCUT2D eigenvalue weighted by atomic mass is 16.7. The van der Waals surface area contributed by atoms with Crippen molar-refractivity contribution in [1.82, 2.24) is 4.98 Å². The summed E-state index contributed by atoms with van der Waals surface area (Å²) in [5.41, 5.74) is 0.255. The molecule has 3 aliphatic heterocycles. The van der Waals surface area contributed by atoms with Crippen LogP contribution in [0.5, 0.6) is 0 Å². The predicted molar refractivity (Wildman–Crippen MR) is 167 cm³/mol. The van der Waals surface area contributed by atoms with Crippen molar-refractivity contribution in [2.24, 2.45) is 23.2 Å². The summed E-state index contributed by atoms with van der Waals surface area (Å²) >= 11 is 0. The molecule has 5 fully saturated rings. The van der Waals surface area contributed by atoms with Crippen molar-refractivity contribution in [2.45, 2.75) is 152 Å². The van der Waals surface area contributed by atoms with Crippen molar-refractivity contribution in [2.75, 3.05) is 0 Å². The largest absolute Gasteiger partial charge is 0.388 e. The Labute approximate surface area is 265 Å². The summed E-state index contributed by atoms with van der Waals surface area (Å²) in [6, 6.07) is 4.11. The molecular weight excluding hydrogens is 570 g/mol. The number of aromatic nitrogens is 1. The van der Waals surface area contributed by atoms with Gasteiger partial charge in [-0.1, -0.05) is 13.8 Å². The number of aromatic amines is 1. The van der Waals surface area contributed by atoms with E-state index in [1.54, 1.807) is 13.8 Å². The number of carbonyl (C=O) groups excluding carboxylic acids is 1. The molecule has 3 saturated heterocycles. The van der Waals surface area contributed by atoms with Crippen LogP contribution in [0.4, 0.5) is 0 Å². The second-order valence-corrected chi connectivity index (χ2v) is 17.8. The zero-order valence-corrected chi connectivity index (χ0v) is 27.9. The van der Waals surface area contributed by atoms with Crippen molar-refractivity contribution in [3.05, 3.63) is 34.5 Å². The van der Waals surface area contributed by atoms with Crippen molar-refractivity contribution in [3.63, 3.8) is 0 Å². The molecular formula is C37H49NO7. The number of aliphatic hydroxyl groups is 3. The van der Waals surface area contributed by atoms with Crippen LogP contribution >= 0.6 is 0 Å². The van der Waals surface area contributed by atoms with Gasteiger partial charge in [-0.3, -0.25) is 4.79 Å². The third-order valence-electron chi connectivity index (χ3n) is 14.8. The smallest absolute Gasteiger partial charge is 0.169 e. The highest BCUT2D eigenvalue weighted by Crippen LogP contribution is 2.75. The predicted octanol–water partition coefficient (Wildman–Crippen LogP) is 4.52. The fourth-order valence-electron chi connectivity index (χ4n) is 12.6. The molecule has 2 saturated carbocycles. The summed E-state index contributed by atoms with van der Waals surface area (Å²) in [5.74, 6) is 0.467. The van der Waals surface area contributed by atoms with E-state index in [2.05, 4.69) is 52.6 Å². The molecule has 1 aromatic heterocycles. The lowest BCUT2D eigenvalue weighted by Crippen LogP contribution is -2.76. The number of hydrogen-bond acceptors (Lipinski definition) is 7. The Hall–Kier alpha value is -1.81. The van der Waals surface area contributed by atoms with Crippen molar-refractivity contribution < 1.29 is 34.3 Å². The van der Waals surface area contributed by atoms with Gasteiger partial charge in [0.15, 0.2) is 11.4 Å². The van der Waals surface area contributed by atoms with E-state index in [9.17, 15) is 20.1 Å². The van der Waals surface area contributed by atoms with E-state index in [4.69, 9.17) is 14.2 Å². The molecule has 4 heterocycles. The fraction of sp³-hybridized carbons (Fsp3) is 0.757. The van der Waals surface area contributed by atoms with Gasteiger partial charge in [0.1, 0.15) is 23.9 Å². The van der Waals surface area contributed by atoms with Gasteiger partial charge in [-0.25, -0.2) is 0 Å². The first kappa shape index (κ1) is 29.3. The summed E-state index contributed by atoms with van der Waals surface area (Å²) in [6.07, 6.45) is 1.78. The summed E-state index contributed by atoms with van der Waals surface area (Å²) in [7, 11) is 0. The molecule has 2 aromatic rings. The van der Waals surface area contributed by atoms with Gasteiger partial charge in [0.2, 0.25) is 0 Å². The Kier molecular flexibility index (Phi) is 5.26. The average Bonchev–Trinajstić information content (AvgIpc) is 3.44. The van der Waals surface area contributed by atoms with E-state index in [1.165, 1.54) is 16.6 Å². The molecule has 0 bridgehead atoms. The van der Waals surface area contributed by atoms with Crippen LogP contribution in [0, 0.1) is 23.2 Å². The number of aliphatic hydroxyl groups excluding tert-OH is 1. The number of ether oxygens (including phenoxy) is 3. The van der Waals surface area contributed by atoms with Gasteiger partial charge in [0, 0.05) is 38.9 Å². The van der Waals surface area contributed by atoms with Gasteiger partial charge in [-0.05, 0) is 109 Å². The number of Topliss-reactive ketones (excluding diaryl/α,β-unsaturated/α-hetero) is 1. The Morgan fingerprint density at radius 1 is 0.978 bits per heavy atom. The molecule has 8 nitrogen and oxygen atoms in total. The Balaban J connectivity index is 1.17. The number of benzene rings is 1. The molecule has 8 heteroatoms. The van der Waals surface area contributed by atoms with Crippen LogP contribution in [0.15, 0.2) is 12.1 Å². The molecule has 4 N–H and O–H groups in total. The van der Waals surface area contributed by atoms with Gasteiger partial charge in [0.05, 0.1) is 28.8 Å². The fourth-order valence-corrected chi connectivity index (χ4v) is 12.6. The molecule has 11 atom stereocenters. The maximum Gasteiger partial charge on any atom is 0.169 e. The Bertz CT molecular complexity index is 1690. The number of H-pyrrole nitrogens is 1. The molecule has 11 unspecified atom stereocenters. The first-order valence-electron chi connectivity index (χ1n) is 17.2. The van der Waals surface area contributed by atoms with Gasteiger partial charge >= 0.3 is 0 Å². The summed E-state index contributed by atoms with van der Waals surface area (Å²) in [4.78, 5) is 18.0. The second-order valence-electron chi connectivity index (χ2n) is 17.8. The number of rotatable bonds is 1. The third-order valence-corrected chi connectivity index (χ3v) is 14.8. The Morgan fingerprint density at radius 3 is 2.42 bits per heavy atom. The second kappa shape index (κ2) is 8.07. The third kappa shape index (κ3) is 3.06. The number of fused-ring (bicyclic) bond motifs is 10. The van der Waals surface area contributed by atoms with E-state index in [1.807, 2.05) is 6.07 Å². The highest BCUT2D eigenvalue weighted by molar-refractivity contribution is 6.06. The van der Waals surface area contributed by atoms with Crippen LogP contribution in [0.1, 0.15) is 108 Å². The van der Waals surface area contributed by atoms with E-state index in [0.29, 0.717) is 18.8 Å². The minimum absolute atomic E-state index is 0.106. The van der Waals surface area contributed by atoms with Crippen molar-refractivity contribution in [3.8, 4) is 0 Å². The first-order chi connectivity index (χ1) is 20.8. The molecule has 7 aliphatic rings.